The Morgan fingerprint density at radius 3 is 2.56 bits per heavy atom. The lowest BCUT2D eigenvalue weighted by atomic mass is 9.85. The van der Waals surface area contributed by atoms with Gasteiger partial charge in [0, 0.05) is 12.1 Å². The Morgan fingerprint density at radius 2 is 1.94 bits per heavy atom. The first-order valence-electron chi connectivity index (χ1n) is 6.53. The van der Waals surface area contributed by atoms with Gasteiger partial charge in [-0.05, 0) is 43.2 Å². The van der Waals surface area contributed by atoms with Gasteiger partial charge in [0.05, 0.1) is 5.56 Å². The summed E-state index contributed by atoms with van der Waals surface area (Å²) in [6.45, 7) is 0. The van der Waals surface area contributed by atoms with Crippen LogP contribution in [-0.4, -0.2) is 23.1 Å². The van der Waals surface area contributed by atoms with Gasteiger partial charge in [-0.1, -0.05) is 12.1 Å². The summed E-state index contributed by atoms with van der Waals surface area (Å²) in [5, 5.41) is 13.8. The van der Waals surface area contributed by atoms with Gasteiger partial charge in [-0.15, -0.1) is 0 Å². The summed E-state index contributed by atoms with van der Waals surface area (Å²) in [5.74, 6) is -0.148. The first-order valence-corrected chi connectivity index (χ1v) is 6.53. The maximum absolute atomic E-state index is 11.2. The second-order valence-corrected chi connectivity index (χ2v) is 5.41. The maximum atomic E-state index is 11.2. The summed E-state index contributed by atoms with van der Waals surface area (Å²) >= 11 is 0. The number of carbonyl (C=O) groups is 1. The molecule has 2 bridgehead atoms. The van der Waals surface area contributed by atoms with Crippen molar-refractivity contribution in [2.75, 3.05) is 0 Å². The molecule has 2 heterocycles. The number of benzene rings is 1. The van der Waals surface area contributed by atoms with Crippen molar-refractivity contribution in [3.63, 3.8) is 0 Å². The quantitative estimate of drug-likeness (QED) is 0.740. The maximum Gasteiger partial charge on any atom is 0.252 e. The molecule has 1 amide bonds. The van der Waals surface area contributed by atoms with Crippen LogP contribution in [0.4, 0.5) is 0 Å². The molecule has 2 atom stereocenters. The highest BCUT2D eigenvalue weighted by Crippen LogP contribution is 2.41. The van der Waals surface area contributed by atoms with E-state index in [0.29, 0.717) is 18.0 Å². The first kappa shape index (κ1) is 11.5. The molecule has 4 heteroatoms. The molecule has 1 aromatic rings. The number of nitrogens with two attached hydrogens (primary N) is 1. The van der Waals surface area contributed by atoms with Gasteiger partial charge in [-0.2, -0.15) is 0 Å². The van der Waals surface area contributed by atoms with Crippen molar-refractivity contribution >= 4 is 5.91 Å². The van der Waals surface area contributed by atoms with E-state index >= 15 is 0 Å². The number of rotatable bonds is 2. The number of primary amides is 1. The van der Waals surface area contributed by atoms with Crippen molar-refractivity contribution in [3.05, 3.63) is 29.3 Å². The summed E-state index contributed by atoms with van der Waals surface area (Å²) in [5.41, 5.74) is 6.38. The summed E-state index contributed by atoms with van der Waals surface area (Å²) < 4.78 is 0. The van der Waals surface area contributed by atoms with E-state index in [1.807, 2.05) is 6.07 Å². The van der Waals surface area contributed by atoms with Crippen molar-refractivity contribution < 1.29 is 9.90 Å². The van der Waals surface area contributed by atoms with E-state index in [0.717, 1.165) is 18.4 Å². The summed E-state index contributed by atoms with van der Waals surface area (Å²) in [4.78, 5) is 11.2. The SMILES string of the molecule is NC(=O)c1cccc(C2CC3CCC(C2)N3)c1O. The third-order valence-electron chi connectivity index (χ3n) is 4.25. The van der Waals surface area contributed by atoms with Crippen LogP contribution in [0.5, 0.6) is 5.75 Å². The standard InChI is InChI=1S/C14H18N2O2/c15-14(18)12-3-1-2-11(13(12)17)8-6-9-4-5-10(7-8)16-9/h1-3,8-10,16-17H,4-7H2,(H2,15,18). The zero-order chi connectivity index (χ0) is 12.7. The van der Waals surface area contributed by atoms with E-state index in [2.05, 4.69) is 5.32 Å². The van der Waals surface area contributed by atoms with Crippen LogP contribution in [0, 0.1) is 0 Å². The second kappa shape index (κ2) is 4.28. The van der Waals surface area contributed by atoms with Crippen molar-refractivity contribution in [3.8, 4) is 5.75 Å². The predicted molar refractivity (Wildman–Crippen MR) is 68.5 cm³/mol. The Balaban J connectivity index is 1.92. The van der Waals surface area contributed by atoms with Crippen LogP contribution in [0.3, 0.4) is 0 Å². The number of phenols is 1. The van der Waals surface area contributed by atoms with Gasteiger partial charge in [0.1, 0.15) is 5.75 Å². The highest BCUT2D eigenvalue weighted by atomic mass is 16.3. The molecule has 2 unspecified atom stereocenters. The third-order valence-corrected chi connectivity index (χ3v) is 4.25. The van der Waals surface area contributed by atoms with Crippen molar-refractivity contribution in [1.82, 2.24) is 5.32 Å². The zero-order valence-corrected chi connectivity index (χ0v) is 10.2. The number of para-hydroxylation sites is 1. The highest BCUT2D eigenvalue weighted by Gasteiger charge is 2.35. The Kier molecular flexibility index (Phi) is 2.74. The number of aromatic hydroxyl groups is 1. The highest BCUT2D eigenvalue weighted by molar-refractivity contribution is 5.96. The number of carbonyl (C=O) groups excluding carboxylic acids is 1. The molecule has 0 aromatic heterocycles. The minimum Gasteiger partial charge on any atom is -0.507 e. The van der Waals surface area contributed by atoms with E-state index in [1.54, 1.807) is 12.1 Å². The number of amides is 1. The van der Waals surface area contributed by atoms with Crippen LogP contribution in [0.25, 0.3) is 0 Å². The van der Waals surface area contributed by atoms with E-state index in [-0.39, 0.29) is 11.3 Å². The molecule has 18 heavy (non-hydrogen) atoms. The smallest absolute Gasteiger partial charge is 0.252 e. The minimum absolute atomic E-state index is 0.0799. The molecular weight excluding hydrogens is 228 g/mol. The normalized spacial score (nSPS) is 30.3. The molecule has 2 saturated heterocycles. The van der Waals surface area contributed by atoms with Gasteiger partial charge in [0.15, 0.2) is 0 Å². The minimum atomic E-state index is -0.564. The van der Waals surface area contributed by atoms with Crippen LogP contribution in [0.1, 0.15) is 47.5 Å². The molecule has 0 spiro atoms. The Hall–Kier alpha value is -1.55. The van der Waals surface area contributed by atoms with Crippen molar-refractivity contribution in [1.29, 1.82) is 0 Å². The average molecular weight is 246 g/mol. The topological polar surface area (TPSA) is 75.4 Å². The monoisotopic (exact) mass is 246 g/mol. The molecule has 2 fully saturated rings. The Bertz CT molecular complexity index is 475. The van der Waals surface area contributed by atoms with Gasteiger partial charge in [-0.3, -0.25) is 4.79 Å². The van der Waals surface area contributed by atoms with Gasteiger partial charge in [0.2, 0.25) is 0 Å². The Labute approximate surface area is 106 Å². The predicted octanol–water partition coefficient (Wildman–Crippen LogP) is 1.49. The summed E-state index contributed by atoms with van der Waals surface area (Å²) in [6, 6.07) is 6.42. The number of piperidine rings is 1. The van der Waals surface area contributed by atoms with Crippen LogP contribution in [0.2, 0.25) is 0 Å². The Morgan fingerprint density at radius 1 is 1.28 bits per heavy atom. The molecule has 4 N–H and O–H groups in total. The summed E-state index contributed by atoms with van der Waals surface area (Å²) in [6.07, 6.45) is 4.51. The fourth-order valence-corrected chi connectivity index (χ4v) is 3.40. The summed E-state index contributed by atoms with van der Waals surface area (Å²) in [7, 11) is 0. The number of hydrogen-bond acceptors (Lipinski definition) is 3. The van der Waals surface area contributed by atoms with Crippen LogP contribution < -0.4 is 11.1 Å². The van der Waals surface area contributed by atoms with E-state index in [9.17, 15) is 9.90 Å². The van der Waals surface area contributed by atoms with E-state index in [1.165, 1.54) is 12.8 Å². The van der Waals surface area contributed by atoms with Crippen molar-refractivity contribution in [2.45, 2.75) is 43.7 Å². The molecule has 3 rings (SSSR count). The molecule has 2 aliphatic heterocycles. The van der Waals surface area contributed by atoms with Gasteiger partial charge < -0.3 is 16.2 Å². The third kappa shape index (κ3) is 1.86. The average Bonchev–Trinajstić information content (AvgIpc) is 2.68. The number of fused-ring (bicyclic) bond motifs is 2. The second-order valence-electron chi connectivity index (χ2n) is 5.41. The largest absolute Gasteiger partial charge is 0.507 e. The molecular formula is C14H18N2O2. The molecule has 2 aliphatic rings. The van der Waals surface area contributed by atoms with Crippen LogP contribution in [-0.2, 0) is 0 Å². The first-order chi connectivity index (χ1) is 8.65. The number of nitrogens with one attached hydrogen (secondary N) is 1. The lowest BCUT2D eigenvalue weighted by molar-refractivity contribution is 0.0997. The van der Waals surface area contributed by atoms with Crippen LogP contribution in [0.15, 0.2) is 18.2 Å². The number of hydrogen-bond donors (Lipinski definition) is 3. The van der Waals surface area contributed by atoms with E-state index < -0.39 is 5.91 Å². The lowest BCUT2D eigenvalue weighted by Gasteiger charge is -2.30. The lowest BCUT2D eigenvalue weighted by Crippen LogP contribution is -2.37. The molecule has 0 saturated carbocycles. The van der Waals surface area contributed by atoms with Crippen molar-refractivity contribution in [2.24, 2.45) is 5.73 Å². The molecule has 0 radical (unpaired) electrons. The van der Waals surface area contributed by atoms with Gasteiger partial charge in [0.25, 0.3) is 5.91 Å². The van der Waals surface area contributed by atoms with Gasteiger partial charge in [-0.25, -0.2) is 0 Å². The molecule has 96 valence electrons. The van der Waals surface area contributed by atoms with E-state index in [4.69, 9.17) is 5.73 Å². The fraction of sp³-hybridized carbons (Fsp3) is 0.500. The molecule has 4 nitrogen and oxygen atoms in total. The fourth-order valence-electron chi connectivity index (χ4n) is 3.40. The molecule has 1 aromatic carbocycles. The van der Waals surface area contributed by atoms with Crippen LogP contribution >= 0.6 is 0 Å². The molecule has 0 aliphatic carbocycles. The zero-order valence-electron chi connectivity index (χ0n) is 10.2. The van der Waals surface area contributed by atoms with Gasteiger partial charge >= 0.3 is 0 Å².